The number of pyridine rings is 1. The lowest BCUT2D eigenvalue weighted by atomic mass is 10.2. The van der Waals surface area contributed by atoms with E-state index in [2.05, 4.69) is 4.98 Å². The van der Waals surface area contributed by atoms with Gasteiger partial charge in [-0.05, 0) is 6.07 Å². The number of aromatic nitrogens is 1. The van der Waals surface area contributed by atoms with Crippen molar-refractivity contribution in [3.05, 3.63) is 23.5 Å². The summed E-state index contributed by atoms with van der Waals surface area (Å²) in [7, 11) is 1.35. The summed E-state index contributed by atoms with van der Waals surface area (Å²) in [6.07, 6.45) is -3.46. The molecule has 1 rings (SSSR count). The van der Waals surface area contributed by atoms with Crippen molar-refractivity contribution in [3.63, 3.8) is 0 Å². The van der Waals surface area contributed by atoms with Crippen LogP contribution in [-0.2, 0) is 12.1 Å². The summed E-state index contributed by atoms with van der Waals surface area (Å²) >= 11 is 5.37. The second-order valence-electron chi connectivity index (χ2n) is 2.51. The minimum Gasteiger partial charge on any atom is -0.495 e. The maximum Gasteiger partial charge on any atom is 0.433 e. The molecule has 0 bridgehead atoms. The second-order valence-corrected chi connectivity index (χ2v) is 2.78. The highest BCUT2D eigenvalue weighted by molar-refractivity contribution is 6.17. The monoisotopic (exact) mass is 225 g/mol. The Kier molecular flexibility index (Phi) is 3.21. The highest BCUT2D eigenvalue weighted by Crippen LogP contribution is 2.32. The van der Waals surface area contributed by atoms with Gasteiger partial charge < -0.3 is 4.74 Å². The molecule has 0 saturated carbocycles. The van der Waals surface area contributed by atoms with Crippen LogP contribution in [-0.4, -0.2) is 12.1 Å². The number of methoxy groups -OCH3 is 1. The molecule has 0 atom stereocenters. The first-order valence-electron chi connectivity index (χ1n) is 3.65. The zero-order chi connectivity index (χ0) is 10.8. The van der Waals surface area contributed by atoms with Crippen LogP contribution in [0, 0.1) is 0 Å². The Balaban J connectivity index is 3.18. The van der Waals surface area contributed by atoms with E-state index in [1.54, 1.807) is 0 Å². The van der Waals surface area contributed by atoms with Crippen LogP contribution in [0.4, 0.5) is 13.2 Å². The number of hydrogen-bond acceptors (Lipinski definition) is 2. The Labute approximate surface area is 83.7 Å². The molecule has 14 heavy (non-hydrogen) atoms. The van der Waals surface area contributed by atoms with Gasteiger partial charge in [-0.25, -0.2) is 4.98 Å². The molecule has 1 heterocycles. The molecule has 1 aromatic heterocycles. The lowest BCUT2D eigenvalue weighted by molar-refractivity contribution is -0.141. The van der Waals surface area contributed by atoms with Crippen LogP contribution in [0.15, 0.2) is 12.3 Å². The first-order valence-corrected chi connectivity index (χ1v) is 4.18. The van der Waals surface area contributed by atoms with Gasteiger partial charge in [0.05, 0.1) is 13.3 Å². The third kappa shape index (κ3) is 2.29. The highest BCUT2D eigenvalue weighted by Gasteiger charge is 2.35. The summed E-state index contributed by atoms with van der Waals surface area (Å²) in [6.45, 7) is 0. The first-order chi connectivity index (χ1) is 6.49. The Morgan fingerprint density at radius 3 is 2.57 bits per heavy atom. The SMILES string of the molecule is COc1cnc(C(F)(F)F)c(CCl)c1. The number of alkyl halides is 4. The fraction of sp³-hybridized carbons (Fsp3) is 0.375. The van der Waals surface area contributed by atoms with Gasteiger partial charge in [-0.15, -0.1) is 11.6 Å². The van der Waals surface area contributed by atoms with E-state index in [1.165, 1.54) is 13.2 Å². The average molecular weight is 226 g/mol. The Morgan fingerprint density at radius 2 is 2.14 bits per heavy atom. The third-order valence-electron chi connectivity index (χ3n) is 1.59. The molecular weight excluding hydrogens is 219 g/mol. The van der Waals surface area contributed by atoms with Crippen molar-refractivity contribution >= 4 is 11.6 Å². The number of hydrogen-bond donors (Lipinski definition) is 0. The predicted octanol–water partition coefficient (Wildman–Crippen LogP) is 2.85. The van der Waals surface area contributed by atoms with Crippen molar-refractivity contribution < 1.29 is 17.9 Å². The number of nitrogens with zero attached hydrogens (tertiary/aromatic N) is 1. The average Bonchev–Trinajstić information content (AvgIpc) is 2.15. The van der Waals surface area contributed by atoms with Gasteiger partial charge in [-0.2, -0.15) is 13.2 Å². The van der Waals surface area contributed by atoms with Crippen LogP contribution in [0.25, 0.3) is 0 Å². The molecule has 6 heteroatoms. The fourth-order valence-corrected chi connectivity index (χ4v) is 1.16. The minimum absolute atomic E-state index is 0.0847. The molecule has 2 nitrogen and oxygen atoms in total. The Morgan fingerprint density at radius 1 is 1.50 bits per heavy atom. The van der Waals surface area contributed by atoms with E-state index in [0.29, 0.717) is 0 Å². The van der Waals surface area contributed by atoms with Crippen LogP contribution >= 0.6 is 11.6 Å². The fourth-order valence-electron chi connectivity index (χ4n) is 0.957. The lowest BCUT2D eigenvalue weighted by Crippen LogP contribution is -2.11. The molecule has 0 fully saturated rings. The normalized spacial score (nSPS) is 11.5. The molecule has 1 aromatic rings. The maximum atomic E-state index is 12.3. The maximum absolute atomic E-state index is 12.3. The van der Waals surface area contributed by atoms with Crippen LogP contribution in [0.1, 0.15) is 11.3 Å². The van der Waals surface area contributed by atoms with E-state index >= 15 is 0 Å². The molecule has 0 amide bonds. The first kappa shape index (κ1) is 11.1. The van der Waals surface area contributed by atoms with E-state index in [1.807, 2.05) is 0 Å². The van der Waals surface area contributed by atoms with Gasteiger partial charge in [-0.3, -0.25) is 0 Å². The third-order valence-corrected chi connectivity index (χ3v) is 1.88. The van der Waals surface area contributed by atoms with Crippen molar-refractivity contribution in [2.24, 2.45) is 0 Å². The summed E-state index contributed by atoms with van der Waals surface area (Å²) < 4.78 is 41.7. The zero-order valence-electron chi connectivity index (χ0n) is 7.23. The molecule has 0 aromatic carbocycles. The molecule has 0 N–H and O–H groups in total. The number of ether oxygens (including phenoxy) is 1. The van der Waals surface area contributed by atoms with Crippen molar-refractivity contribution in [1.82, 2.24) is 4.98 Å². The van der Waals surface area contributed by atoms with Crippen LogP contribution in [0.2, 0.25) is 0 Å². The number of halogens is 4. The zero-order valence-corrected chi connectivity index (χ0v) is 7.99. The summed E-state index contributed by atoms with van der Waals surface area (Å²) in [5, 5.41) is 0. The van der Waals surface area contributed by atoms with Gasteiger partial charge in [0.15, 0.2) is 0 Å². The molecular formula is C8H7ClF3NO. The highest BCUT2D eigenvalue weighted by atomic mass is 35.5. The largest absolute Gasteiger partial charge is 0.495 e. The summed E-state index contributed by atoms with van der Waals surface area (Å²) in [4.78, 5) is 3.26. The summed E-state index contributed by atoms with van der Waals surface area (Å²) in [5.74, 6) is 0.00706. The number of rotatable bonds is 2. The van der Waals surface area contributed by atoms with E-state index < -0.39 is 11.9 Å². The smallest absolute Gasteiger partial charge is 0.433 e. The second kappa shape index (κ2) is 4.04. The predicted molar refractivity (Wildman–Crippen MR) is 45.3 cm³/mol. The standard InChI is InChI=1S/C8H7ClF3NO/c1-14-6-2-5(3-9)7(13-4-6)8(10,11)12/h2,4H,3H2,1H3. The topological polar surface area (TPSA) is 22.1 Å². The lowest BCUT2D eigenvalue weighted by Gasteiger charge is -2.10. The van der Waals surface area contributed by atoms with Gasteiger partial charge >= 0.3 is 6.18 Å². The van der Waals surface area contributed by atoms with Crippen LogP contribution < -0.4 is 4.74 Å². The minimum atomic E-state index is -4.48. The van der Waals surface area contributed by atoms with Gasteiger partial charge in [0.25, 0.3) is 0 Å². The molecule has 0 aliphatic heterocycles. The molecule has 78 valence electrons. The van der Waals surface area contributed by atoms with Gasteiger partial charge in [0.1, 0.15) is 11.4 Å². The molecule has 0 radical (unpaired) electrons. The summed E-state index contributed by atoms with van der Waals surface area (Å²) in [5.41, 5.74) is -1.05. The Bertz CT molecular complexity index is 327. The van der Waals surface area contributed by atoms with E-state index in [9.17, 15) is 13.2 Å². The van der Waals surface area contributed by atoms with Crippen LogP contribution in [0.3, 0.4) is 0 Å². The van der Waals surface area contributed by atoms with E-state index in [-0.39, 0.29) is 17.2 Å². The van der Waals surface area contributed by atoms with Crippen molar-refractivity contribution in [1.29, 1.82) is 0 Å². The van der Waals surface area contributed by atoms with Crippen molar-refractivity contribution in [2.45, 2.75) is 12.1 Å². The summed E-state index contributed by atoms with van der Waals surface area (Å²) in [6, 6.07) is 1.23. The molecule has 0 saturated heterocycles. The van der Waals surface area contributed by atoms with Gasteiger partial charge in [-0.1, -0.05) is 0 Å². The Hall–Kier alpha value is -0.970. The molecule has 0 unspecified atom stereocenters. The molecule has 0 aliphatic carbocycles. The van der Waals surface area contributed by atoms with Crippen molar-refractivity contribution in [3.8, 4) is 5.75 Å². The molecule has 0 aliphatic rings. The van der Waals surface area contributed by atoms with E-state index in [4.69, 9.17) is 16.3 Å². The van der Waals surface area contributed by atoms with Gasteiger partial charge in [0.2, 0.25) is 0 Å². The van der Waals surface area contributed by atoms with Gasteiger partial charge in [0, 0.05) is 11.4 Å². The van der Waals surface area contributed by atoms with E-state index in [0.717, 1.165) is 6.20 Å². The van der Waals surface area contributed by atoms with Crippen LogP contribution in [0.5, 0.6) is 5.75 Å². The van der Waals surface area contributed by atoms with Crippen molar-refractivity contribution in [2.75, 3.05) is 7.11 Å². The molecule has 0 spiro atoms. The quantitative estimate of drug-likeness (QED) is 0.722.